The van der Waals surface area contributed by atoms with Crippen molar-refractivity contribution in [2.24, 2.45) is 17.2 Å². The standard InChI is InChI=1S/C17H24N6O3/c1-11-5-6-13-14(7-11)20-21-16(19-13)23(18)15(25)12(8-17(2,3)4)9-22(26)10-24/h5-7,10,12,26H,8-9,18H2,1-4H3. The van der Waals surface area contributed by atoms with Crippen LogP contribution >= 0.6 is 0 Å². The molecule has 1 heterocycles. The van der Waals surface area contributed by atoms with Crippen molar-refractivity contribution in [1.82, 2.24) is 20.2 Å². The smallest absolute Gasteiger partial charge is 0.267 e. The molecule has 0 fully saturated rings. The van der Waals surface area contributed by atoms with Gasteiger partial charge in [0.25, 0.3) is 5.95 Å². The van der Waals surface area contributed by atoms with Crippen LogP contribution in [-0.2, 0) is 9.59 Å². The zero-order valence-corrected chi connectivity index (χ0v) is 15.4. The fourth-order valence-corrected chi connectivity index (χ4v) is 2.67. The van der Waals surface area contributed by atoms with E-state index in [-0.39, 0.29) is 24.3 Å². The molecule has 0 spiro atoms. The maximum Gasteiger partial charge on any atom is 0.267 e. The number of aryl methyl sites for hydroxylation is 1. The Kier molecular flexibility index (Phi) is 5.83. The molecule has 2 aromatic rings. The van der Waals surface area contributed by atoms with Crippen LogP contribution in [0.1, 0.15) is 32.8 Å². The van der Waals surface area contributed by atoms with Crippen molar-refractivity contribution in [3.8, 4) is 0 Å². The van der Waals surface area contributed by atoms with Crippen LogP contribution in [0.4, 0.5) is 5.95 Å². The summed E-state index contributed by atoms with van der Waals surface area (Å²) in [4.78, 5) is 27.8. The number of carbonyl (C=O) groups excluding carboxylic acids is 2. The quantitative estimate of drug-likeness (QED) is 0.262. The monoisotopic (exact) mass is 360 g/mol. The third-order valence-corrected chi connectivity index (χ3v) is 3.79. The molecule has 0 saturated heterocycles. The summed E-state index contributed by atoms with van der Waals surface area (Å²) in [6.07, 6.45) is 0.658. The van der Waals surface area contributed by atoms with Gasteiger partial charge in [0.1, 0.15) is 5.52 Å². The lowest BCUT2D eigenvalue weighted by atomic mass is 9.84. The van der Waals surface area contributed by atoms with E-state index in [0.717, 1.165) is 10.6 Å². The van der Waals surface area contributed by atoms with E-state index in [4.69, 9.17) is 5.84 Å². The van der Waals surface area contributed by atoms with E-state index in [1.165, 1.54) is 0 Å². The second kappa shape index (κ2) is 7.71. The average molecular weight is 360 g/mol. The van der Waals surface area contributed by atoms with E-state index >= 15 is 0 Å². The highest BCUT2D eigenvalue weighted by Gasteiger charge is 2.31. The molecule has 0 bridgehead atoms. The second-order valence-corrected chi connectivity index (χ2v) is 7.50. The number of hydrogen-bond donors (Lipinski definition) is 2. The first-order valence-corrected chi connectivity index (χ1v) is 8.21. The fourth-order valence-electron chi connectivity index (χ4n) is 2.67. The normalized spacial score (nSPS) is 12.7. The molecule has 1 atom stereocenters. The molecular weight excluding hydrogens is 336 g/mol. The Morgan fingerprint density at radius 1 is 1.31 bits per heavy atom. The molecule has 26 heavy (non-hydrogen) atoms. The number of amides is 2. The molecule has 9 nitrogen and oxygen atoms in total. The number of hydrazine groups is 1. The predicted octanol–water partition coefficient (Wildman–Crippen LogP) is 1.44. The van der Waals surface area contributed by atoms with Gasteiger partial charge in [-0.3, -0.25) is 14.8 Å². The van der Waals surface area contributed by atoms with Crippen LogP contribution in [0.15, 0.2) is 18.2 Å². The molecule has 2 amide bonds. The van der Waals surface area contributed by atoms with Gasteiger partial charge in [0.2, 0.25) is 12.3 Å². The van der Waals surface area contributed by atoms with Crippen LogP contribution < -0.4 is 10.9 Å². The van der Waals surface area contributed by atoms with Crippen molar-refractivity contribution < 1.29 is 14.8 Å². The average Bonchev–Trinajstić information content (AvgIpc) is 2.58. The fraction of sp³-hybridized carbons (Fsp3) is 0.471. The molecule has 9 heteroatoms. The van der Waals surface area contributed by atoms with Crippen molar-refractivity contribution in [2.75, 3.05) is 11.6 Å². The van der Waals surface area contributed by atoms with Crippen LogP contribution in [0.3, 0.4) is 0 Å². The minimum absolute atomic E-state index is 0.0409. The van der Waals surface area contributed by atoms with Crippen LogP contribution in [0, 0.1) is 18.3 Å². The summed E-state index contributed by atoms with van der Waals surface area (Å²) in [7, 11) is 0. The molecule has 0 radical (unpaired) electrons. The van der Waals surface area contributed by atoms with E-state index in [1.807, 2.05) is 39.8 Å². The number of anilines is 1. The van der Waals surface area contributed by atoms with Gasteiger partial charge in [0, 0.05) is 0 Å². The van der Waals surface area contributed by atoms with E-state index in [2.05, 4.69) is 15.2 Å². The lowest BCUT2D eigenvalue weighted by Crippen LogP contribution is -2.46. The zero-order chi connectivity index (χ0) is 19.5. The highest BCUT2D eigenvalue weighted by molar-refractivity contribution is 5.93. The molecule has 1 unspecified atom stereocenters. The molecule has 0 aliphatic carbocycles. The number of fused-ring (bicyclic) bond motifs is 1. The number of benzene rings is 1. The van der Waals surface area contributed by atoms with Gasteiger partial charge in [-0.25, -0.2) is 20.9 Å². The third-order valence-electron chi connectivity index (χ3n) is 3.79. The highest BCUT2D eigenvalue weighted by atomic mass is 16.5. The summed E-state index contributed by atoms with van der Waals surface area (Å²) in [6, 6.07) is 5.48. The van der Waals surface area contributed by atoms with E-state index in [1.54, 1.807) is 6.07 Å². The van der Waals surface area contributed by atoms with Gasteiger partial charge in [-0.05, 0) is 36.5 Å². The number of rotatable bonds is 6. The largest absolute Gasteiger partial charge is 0.286 e. The van der Waals surface area contributed by atoms with Crippen LogP contribution in [-0.4, -0.2) is 44.3 Å². The minimum atomic E-state index is -0.715. The lowest BCUT2D eigenvalue weighted by molar-refractivity contribution is -0.154. The van der Waals surface area contributed by atoms with Gasteiger partial charge in [-0.2, -0.15) is 0 Å². The molecule has 3 N–H and O–H groups in total. The van der Waals surface area contributed by atoms with Gasteiger partial charge >= 0.3 is 0 Å². The molecule has 1 aromatic heterocycles. The summed E-state index contributed by atoms with van der Waals surface area (Å²) in [6.45, 7) is 7.61. The SMILES string of the molecule is Cc1ccc2nc(N(N)C(=O)C(CN(O)C=O)CC(C)(C)C)nnc2c1. The maximum absolute atomic E-state index is 12.8. The molecule has 0 saturated carbocycles. The van der Waals surface area contributed by atoms with Gasteiger partial charge < -0.3 is 0 Å². The minimum Gasteiger partial charge on any atom is -0.286 e. The Hall–Kier alpha value is -2.65. The second-order valence-electron chi connectivity index (χ2n) is 7.50. The summed E-state index contributed by atoms with van der Waals surface area (Å²) in [5.41, 5.74) is 1.96. The maximum atomic E-state index is 12.8. The summed E-state index contributed by atoms with van der Waals surface area (Å²) >= 11 is 0. The predicted molar refractivity (Wildman–Crippen MR) is 95.9 cm³/mol. The number of carbonyl (C=O) groups is 2. The van der Waals surface area contributed by atoms with Gasteiger partial charge in [0.15, 0.2) is 0 Å². The topological polar surface area (TPSA) is 126 Å². The first-order valence-electron chi connectivity index (χ1n) is 8.21. The summed E-state index contributed by atoms with van der Waals surface area (Å²) in [5, 5.41) is 18.7. The van der Waals surface area contributed by atoms with Crippen molar-refractivity contribution in [3.05, 3.63) is 23.8 Å². The number of hydrogen-bond acceptors (Lipinski definition) is 7. The Bertz CT molecular complexity index is 805. The van der Waals surface area contributed by atoms with Crippen molar-refractivity contribution in [2.45, 2.75) is 34.1 Å². The molecular formula is C17H24N6O3. The molecule has 140 valence electrons. The van der Waals surface area contributed by atoms with Gasteiger partial charge in [-0.1, -0.05) is 26.8 Å². The number of nitrogens with zero attached hydrogens (tertiary/aromatic N) is 5. The van der Waals surface area contributed by atoms with E-state index in [9.17, 15) is 14.8 Å². The third kappa shape index (κ3) is 4.93. The Balaban J connectivity index is 2.28. The Labute approximate surface area is 151 Å². The van der Waals surface area contributed by atoms with Gasteiger partial charge in [-0.15, -0.1) is 10.2 Å². The van der Waals surface area contributed by atoms with Crippen molar-refractivity contribution in [3.63, 3.8) is 0 Å². The number of nitrogens with two attached hydrogens (primary N) is 1. The number of hydroxylamine groups is 2. The van der Waals surface area contributed by atoms with Crippen LogP contribution in [0.25, 0.3) is 11.0 Å². The van der Waals surface area contributed by atoms with Crippen molar-refractivity contribution in [1.29, 1.82) is 0 Å². The highest BCUT2D eigenvalue weighted by Crippen LogP contribution is 2.26. The Morgan fingerprint density at radius 3 is 2.62 bits per heavy atom. The lowest BCUT2D eigenvalue weighted by Gasteiger charge is -2.28. The van der Waals surface area contributed by atoms with Gasteiger partial charge in [0.05, 0.1) is 18.0 Å². The first kappa shape index (κ1) is 19.7. The van der Waals surface area contributed by atoms with Crippen molar-refractivity contribution >= 4 is 29.3 Å². The molecule has 2 rings (SSSR count). The zero-order valence-electron chi connectivity index (χ0n) is 15.4. The van der Waals surface area contributed by atoms with Crippen LogP contribution in [0.2, 0.25) is 0 Å². The molecule has 0 aliphatic heterocycles. The van der Waals surface area contributed by atoms with Crippen LogP contribution in [0.5, 0.6) is 0 Å². The summed E-state index contributed by atoms with van der Waals surface area (Å²) in [5.74, 6) is 4.67. The van der Waals surface area contributed by atoms with E-state index < -0.39 is 11.8 Å². The summed E-state index contributed by atoms with van der Waals surface area (Å²) < 4.78 is 0. The molecule has 1 aromatic carbocycles. The van der Waals surface area contributed by atoms with E-state index in [0.29, 0.717) is 22.5 Å². The molecule has 0 aliphatic rings. The first-order chi connectivity index (χ1) is 12.1. The Morgan fingerprint density at radius 2 is 2.00 bits per heavy atom. The number of aromatic nitrogens is 3.